The first-order valence-corrected chi connectivity index (χ1v) is 26.4. The van der Waals surface area contributed by atoms with Crippen LogP contribution in [0.15, 0.2) is 65.2 Å². The second-order valence-electron chi connectivity index (χ2n) is 21.5. The molecule has 0 N–H and O–H groups in total. The first-order valence-electron chi connectivity index (χ1n) is 26.0. The molecule has 70 heavy (non-hydrogen) atoms. The summed E-state index contributed by atoms with van der Waals surface area (Å²) >= 11 is 6.58. The maximum Gasteiger partial charge on any atom is 0.233 e. The Morgan fingerprint density at radius 1 is 0.957 bits per heavy atom. The van der Waals surface area contributed by atoms with Gasteiger partial charge in [0.25, 0.3) is 0 Å². The van der Waals surface area contributed by atoms with Crippen molar-refractivity contribution in [1.29, 1.82) is 5.26 Å². The minimum Gasteiger partial charge on any atom is -0.473 e. The molecule has 1 saturated carbocycles. The number of benzene rings is 2. The van der Waals surface area contributed by atoms with E-state index < -0.39 is 0 Å². The van der Waals surface area contributed by atoms with Crippen molar-refractivity contribution >= 4 is 46.2 Å². The number of halogens is 1. The molecule has 8 heterocycles. The van der Waals surface area contributed by atoms with E-state index in [9.17, 15) is 10.1 Å². The molecule has 366 valence electrons. The summed E-state index contributed by atoms with van der Waals surface area (Å²) in [4.78, 5) is 24.7. The Kier molecular flexibility index (Phi) is 12.7. The Labute approximate surface area is 418 Å². The molecule has 3 saturated heterocycles. The highest BCUT2D eigenvalue weighted by Crippen LogP contribution is 2.47. The van der Waals surface area contributed by atoms with E-state index in [2.05, 4.69) is 90.0 Å². The molecule has 2 aromatic heterocycles. The standard InChI is InChI=1S/C55H68ClN12O2/c1-36-27-50-41(28-46(36)43-31-58-62(5)33-43)7-6-21-66(50)54-47-34-65(39(4)69)24-18-49(47)68(61-54)44-11-8-40(9-12-44)32-63-22-16-45(17-23-63)70-52-15-14-51(59-60-52)64-25-19-55(20-26-64)29-37(2)67(35-55)48-13-10-42(30-57)53(56)38(48)3/h10,13-15,27-28,31,33,37,40,45H,6-9,11-12,16-26,29,32,34-35H2,1-5H3/q+1/t37-,40?/m0/s1. The summed E-state index contributed by atoms with van der Waals surface area (Å²) in [5, 5.41) is 29.2. The summed E-state index contributed by atoms with van der Waals surface area (Å²) in [6, 6.07) is 15.4. The van der Waals surface area contributed by atoms with Crippen molar-refractivity contribution in [2.75, 3.05) is 73.6 Å². The van der Waals surface area contributed by atoms with E-state index in [-0.39, 0.29) is 17.4 Å². The van der Waals surface area contributed by atoms with Crippen molar-refractivity contribution in [3.63, 3.8) is 0 Å². The average molecular weight is 965 g/mol. The number of aromatic nitrogens is 4. The number of amides is 1. The number of fused-ring (bicyclic) bond motifs is 1. The fourth-order valence-electron chi connectivity index (χ4n) is 13.0. The van der Waals surface area contributed by atoms with Crippen LogP contribution in [-0.2, 0) is 18.3 Å². The van der Waals surface area contributed by atoms with Gasteiger partial charge in [0.2, 0.25) is 23.3 Å². The SMILES string of the molecule is CC(=O)N1CCC2=C(C1)C(N1CCCc3cc(-c4cnn(C)c4)c(C)cc31)=N[N+]2=C1CCC(CN2CCC(Oc3ccc(N4CCC5(CC4)C[C@H](C)N(c4ccc(C#N)c(Cl)c4C)C5)nn3)CC2)CC1. The average Bonchev–Trinajstić information content (AvgIpc) is 4.07. The summed E-state index contributed by atoms with van der Waals surface area (Å²) in [5.74, 6) is 3.37. The number of hydrazone groups is 1. The summed E-state index contributed by atoms with van der Waals surface area (Å²) in [6.45, 7) is 16.6. The topological polar surface area (TPSA) is 125 Å². The van der Waals surface area contributed by atoms with Gasteiger partial charge < -0.3 is 29.2 Å². The highest BCUT2D eigenvalue weighted by Gasteiger charge is 2.46. The quantitative estimate of drug-likeness (QED) is 0.166. The molecule has 1 atom stereocenters. The second-order valence-corrected chi connectivity index (χ2v) is 21.9. The summed E-state index contributed by atoms with van der Waals surface area (Å²) < 4.78 is 10.6. The van der Waals surface area contributed by atoms with Gasteiger partial charge in [0.15, 0.2) is 11.5 Å². The van der Waals surface area contributed by atoms with Crippen LogP contribution in [0.4, 0.5) is 17.2 Å². The van der Waals surface area contributed by atoms with Gasteiger partial charge in [-0.3, -0.25) is 9.48 Å². The van der Waals surface area contributed by atoms with E-state index in [1.165, 1.54) is 52.2 Å². The molecule has 0 radical (unpaired) electrons. The largest absolute Gasteiger partial charge is 0.473 e. The molecule has 4 fully saturated rings. The van der Waals surface area contributed by atoms with Crippen LogP contribution >= 0.6 is 11.6 Å². The van der Waals surface area contributed by atoms with Crippen molar-refractivity contribution in [2.24, 2.45) is 23.5 Å². The lowest BCUT2D eigenvalue weighted by Crippen LogP contribution is -2.42. The van der Waals surface area contributed by atoms with Gasteiger partial charge in [-0.15, -0.1) is 10.2 Å². The van der Waals surface area contributed by atoms with Crippen LogP contribution in [-0.4, -0.2) is 123 Å². The molecule has 0 bridgehead atoms. The fourth-order valence-corrected chi connectivity index (χ4v) is 13.2. The lowest BCUT2D eigenvalue weighted by atomic mass is 9.77. The number of rotatable bonds is 7. The maximum absolute atomic E-state index is 12.7. The number of aryl methyl sites for hydroxylation is 3. The molecular weight excluding hydrogens is 896 g/mol. The molecule has 14 nitrogen and oxygen atoms in total. The number of hydrogen-bond donors (Lipinski definition) is 0. The van der Waals surface area contributed by atoms with Gasteiger partial charge in [-0.1, -0.05) is 16.3 Å². The zero-order chi connectivity index (χ0) is 48.3. The van der Waals surface area contributed by atoms with E-state index >= 15 is 0 Å². The third kappa shape index (κ3) is 8.97. The predicted molar refractivity (Wildman–Crippen MR) is 276 cm³/mol. The van der Waals surface area contributed by atoms with Crippen molar-refractivity contribution in [3.05, 3.63) is 87.3 Å². The van der Waals surface area contributed by atoms with Gasteiger partial charge >= 0.3 is 0 Å². The zero-order valence-electron chi connectivity index (χ0n) is 41.8. The first kappa shape index (κ1) is 46.6. The Morgan fingerprint density at radius 3 is 2.47 bits per heavy atom. The minimum absolute atomic E-state index is 0.130. The van der Waals surface area contributed by atoms with Crippen molar-refractivity contribution < 1.29 is 14.2 Å². The highest BCUT2D eigenvalue weighted by atomic mass is 35.5. The van der Waals surface area contributed by atoms with Gasteiger partial charge in [0.1, 0.15) is 12.2 Å². The molecule has 0 unspecified atom stereocenters. The van der Waals surface area contributed by atoms with Crippen LogP contribution in [0.5, 0.6) is 5.88 Å². The molecule has 1 aliphatic carbocycles. The third-order valence-electron chi connectivity index (χ3n) is 16.9. The lowest BCUT2D eigenvalue weighted by Gasteiger charge is -2.40. The van der Waals surface area contributed by atoms with Gasteiger partial charge in [-0.05, 0) is 142 Å². The Balaban J connectivity index is 0.674. The molecular formula is C55H68ClN12O2+. The van der Waals surface area contributed by atoms with Crippen LogP contribution in [0.25, 0.3) is 11.1 Å². The van der Waals surface area contributed by atoms with Crippen molar-refractivity contribution in [1.82, 2.24) is 29.8 Å². The van der Waals surface area contributed by atoms with Gasteiger partial charge in [-0.25, -0.2) is 0 Å². The van der Waals surface area contributed by atoms with Crippen molar-refractivity contribution in [2.45, 2.75) is 117 Å². The number of anilines is 3. The molecule has 1 spiro atoms. The molecule has 11 rings (SSSR count). The number of nitriles is 1. The van der Waals surface area contributed by atoms with Crippen LogP contribution in [0.2, 0.25) is 5.02 Å². The maximum atomic E-state index is 12.7. The Morgan fingerprint density at radius 2 is 1.76 bits per heavy atom. The molecule has 15 heteroatoms. The molecule has 6 aliphatic heterocycles. The Hall–Kier alpha value is -5.78. The number of piperidine rings is 2. The number of amidine groups is 1. The number of nitrogens with zero attached hydrogens (tertiary/aromatic N) is 12. The van der Waals surface area contributed by atoms with E-state index in [1.54, 1.807) is 6.92 Å². The molecule has 4 aromatic rings. The number of carbonyl (C=O) groups excluding carboxylic acids is 1. The van der Waals surface area contributed by atoms with E-state index in [4.69, 9.17) is 21.4 Å². The van der Waals surface area contributed by atoms with Crippen LogP contribution in [0.1, 0.15) is 107 Å². The zero-order valence-corrected chi connectivity index (χ0v) is 42.5. The predicted octanol–water partition coefficient (Wildman–Crippen LogP) is 8.68. The first-order chi connectivity index (χ1) is 33.9. The van der Waals surface area contributed by atoms with Gasteiger partial charge in [0, 0.05) is 120 Å². The number of hydrogen-bond acceptors (Lipinski definition) is 11. The number of carbonyl (C=O) groups is 1. The monoisotopic (exact) mass is 964 g/mol. The fraction of sp³-hybridized carbons (Fsp3) is 0.545. The number of likely N-dealkylation sites (tertiary alicyclic amines) is 1. The molecule has 2 aromatic carbocycles. The van der Waals surface area contributed by atoms with E-state index in [0.717, 1.165) is 145 Å². The van der Waals surface area contributed by atoms with Crippen LogP contribution in [0, 0.1) is 36.5 Å². The summed E-state index contributed by atoms with van der Waals surface area (Å²) in [6.07, 6.45) is 16.9. The number of ether oxygens (including phenoxy) is 1. The van der Waals surface area contributed by atoms with Gasteiger partial charge in [0.05, 0.1) is 35.3 Å². The van der Waals surface area contributed by atoms with Crippen LogP contribution < -0.4 is 19.4 Å². The second kappa shape index (κ2) is 19.1. The molecule has 7 aliphatic rings. The Bertz CT molecular complexity index is 2800. The lowest BCUT2D eigenvalue weighted by molar-refractivity contribution is -0.484. The summed E-state index contributed by atoms with van der Waals surface area (Å²) in [5.41, 5.74) is 13.1. The molecule has 1 amide bonds. The highest BCUT2D eigenvalue weighted by molar-refractivity contribution is 6.32. The van der Waals surface area contributed by atoms with E-state index in [0.29, 0.717) is 35.0 Å². The van der Waals surface area contributed by atoms with Gasteiger partial charge in [-0.2, -0.15) is 10.4 Å². The third-order valence-corrected chi connectivity index (χ3v) is 17.4. The van der Waals surface area contributed by atoms with Crippen LogP contribution in [0.3, 0.4) is 0 Å². The minimum atomic E-state index is 0.130. The smallest absolute Gasteiger partial charge is 0.233 e. The van der Waals surface area contributed by atoms with Crippen molar-refractivity contribution in [3.8, 4) is 23.1 Å². The van der Waals surface area contributed by atoms with E-state index in [1.807, 2.05) is 41.9 Å². The summed E-state index contributed by atoms with van der Waals surface area (Å²) in [7, 11) is 1.97. The normalized spacial score (nSPS) is 23.0.